The Morgan fingerprint density at radius 1 is 1.00 bits per heavy atom. The molecule has 0 saturated carbocycles. The molecule has 0 aliphatic rings. The first kappa shape index (κ1) is 13.2. The fraction of sp³-hybridized carbons (Fsp3) is 0.154. The fourth-order valence-corrected chi connectivity index (χ4v) is 1.55. The zero-order chi connectivity index (χ0) is 13.9. The Balaban J connectivity index is 2.22. The summed E-state index contributed by atoms with van der Waals surface area (Å²) in [6, 6.07) is 9.03. The van der Waals surface area contributed by atoms with Crippen LogP contribution in [0.4, 0.5) is 13.2 Å². The summed E-state index contributed by atoms with van der Waals surface area (Å²) < 4.78 is 44.8. The van der Waals surface area contributed by atoms with Gasteiger partial charge in [0.25, 0.3) is 0 Å². The highest BCUT2D eigenvalue weighted by Crippen LogP contribution is 2.27. The van der Waals surface area contributed by atoms with Gasteiger partial charge >= 0.3 is 6.36 Å². The van der Waals surface area contributed by atoms with Crippen LogP contribution in [0.25, 0.3) is 11.1 Å². The third-order valence-corrected chi connectivity index (χ3v) is 2.37. The summed E-state index contributed by atoms with van der Waals surface area (Å²) in [4.78, 5) is 3.95. The largest absolute Gasteiger partial charge is 0.573 e. The molecule has 0 N–H and O–H groups in total. The van der Waals surface area contributed by atoms with E-state index < -0.39 is 6.36 Å². The first-order valence-corrected chi connectivity index (χ1v) is 5.34. The van der Waals surface area contributed by atoms with Gasteiger partial charge in [0.2, 0.25) is 5.88 Å². The van der Waals surface area contributed by atoms with Gasteiger partial charge < -0.3 is 9.47 Å². The van der Waals surface area contributed by atoms with E-state index in [2.05, 4.69) is 9.72 Å². The van der Waals surface area contributed by atoms with Crippen LogP contribution in [0, 0.1) is 0 Å². The van der Waals surface area contributed by atoms with Crippen LogP contribution in [0.1, 0.15) is 0 Å². The van der Waals surface area contributed by atoms with Gasteiger partial charge in [-0.3, -0.25) is 0 Å². The Labute approximate surface area is 107 Å². The maximum atomic E-state index is 12.0. The summed E-state index contributed by atoms with van der Waals surface area (Å²) in [5.74, 6) is 0.186. The fourth-order valence-electron chi connectivity index (χ4n) is 1.55. The maximum Gasteiger partial charge on any atom is 0.573 e. The normalized spacial score (nSPS) is 11.2. The second-order valence-electron chi connectivity index (χ2n) is 3.66. The molecule has 1 aromatic heterocycles. The van der Waals surface area contributed by atoms with Crippen LogP contribution in [-0.4, -0.2) is 18.5 Å². The Kier molecular flexibility index (Phi) is 3.59. The summed E-state index contributed by atoms with van der Waals surface area (Å²) in [6.07, 6.45) is -3.12. The maximum absolute atomic E-state index is 12.0. The highest BCUT2D eigenvalue weighted by molar-refractivity contribution is 5.64. The zero-order valence-electron chi connectivity index (χ0n) is 9.94. The van der Waals surface area contributed by atoms with Gasteiger partial charge in [0.05, 0.1) is 7.11 Å². The molecule has 0 aliphatic heterocycles. The van der Waals surface area contributed by atoms with Crippen LogP contribution >= 0.6 is 0 Å². The van der Waals surface area contributed by atoms with Gasteiger partial charge in [-0.15, -0.1) is 13.2 Å². The van der Waals surface area contributed by atoms with E-state index in [0.717, 1.165) is 11.1 Å². The first-order valence-electron chi connectivity index (χ1n) is 5.34. The smallest absolute Gasteiger partial charge is 0.481 e. The summed E-state index contributed by atoms with van der Waals surface area (Å²) in [5.41, 5.74) is 1.54. The summed E-state index contributed by atoms with van der Waals surface area (Å²) in [5, 5.41) is 0. The number of pyridine rings is 1. The SMILES string of the molecule is COc1cc(-c2ccc(OC(F)(F)F)cc2)ccn1. The molecule has 1 heterocycles. The average molecular weight is 269 g/mol. The minimum absolute atomic E-state index is 0.253. The number of benzene rings is 1. The van der Waals surface area contributed by atoms with Gasteiger partial charge in [-0.2, -0.15) is 0 Å². The number of hydrogen-bond donors (Lipinski definition) is 0. The van der Waals surface area contributed by atoms with E-state index in [-0.39, 0.29) is 5.75 Å². The van der Waals surface area contributed by atoms with Crippen molar-refractivity contribution in [3.05, 3.63) is 42.6 Å². The van der Waals surface area contributed by atoms with E-state index in [4.69, 9.17) is 4.74 Å². The Bertz CT molecular complexity index is 553. The minimum Gasteiger partial charge on any atom is -0.481 e. The number of hydrogen-bond acceptors (Lipinski definition) is 3. The predicted molar refractivity (Wildman–Crippen MR) is 62.9 cm³/mol. The summed E-state index contributed by atoms with van der Waals surface area (Å²) in [6.45, 7) is 0. The van der Waals surface area contributed by atoms with E-state index >= 15 is 0 Å². The minimum atomic E-state index is -4.68. The molecule has 2 rings (SSSR count). The van der Waals surface area contributed by atoms with E-state index in [0.29, 0.717) is 5.88 Å². The standard InChI is InChI=1S/C13H10F3NO2/c1-18-12-8-10(6-7-17-12)9-2-4-11(5-3-9)19-13(14,15)16/h2-8H,1H3. The zero-order valence-corrected chi connectivity index (χ0v) is 9.94. The number of methoxy groups -OCH3 is 1. The number of nitrogens with zero attached hydrogens (tertiary/aromatic N) is 1. The van der Waals surface area contributed by atoms with Crippen LogP contribution < -0.4 is 9.47 Å². The second-order valence-corrected chi connectivity index (χ2v) is 3.66. The van der Waals surface area contributed by atoms with Crippen LogP contribution in [-0.2, 0) is 0 Å². The highest BCUT2D eigenvalue weighted by atomic mass is 19.4. The van der Waals surface area contributed by atoms with Crippen molar-refractivity contribution in [1.29, 1.82) is 0 Å². The molecule has 100 valence electrons. The van der Waals surface area contributed by atoms with Crippen molar-refractivity contribution in [2.45, 2.75) is 6.36 Å². The van der Waals surface area contributed by atoms with Gasteiger partial charge in [0, 0.05) is 12.3 Å². The number of alkyl halides is 3. The highest BCUT2D eigenvalue weighted by Gasteiger charge is 2.30. The van der Waals surface area contributed by atoms with Crippen molar-refractivity contribution in [3.8, 4) is 22.8 Å². The molecule has 0 saturated heterocycles. The lowest BCUT2D eigenvalue weighted by Crippen LogP contribution is -2.16. The van der Waals surface area contributed by atoms with Crippen molar-refractivity contribution in [2.24, 2.45) is 0 Å². The van der Waals surface area contributed by atoms with Crippen molar-refractivity contribution in [1.82, 2.24) is 4.98 Å². The molecule has 2 aromatic rings. The molecule has 0 fully saturated rings. The van der Waals surface area contributed by atoms with E-state index in [1.165, 1.54) is 31.4 Å². The Hall–Kier alpha value is -2.24. The molecular weight excluding hydrogens is 259 g/mol. The molecule has 0 unspecified atom stereocenters. The molecule has 0 aliphatic carbocycles. The molecule has 0 amide bonds. The van der Waals surface area contributed by atoms with E-state index in [1.807, 2.05) is 0 Å². The van der Waals surface area contributed by atoms with Crippen molar-refractivity contribution < 1.29 is 22.6 Å². The van der Waals surface area contributed by atoms with E-state index in [1.54, 1.807) is 18.3 Å². The second kappa shape index (κ2) is 5.17. The lowest BCUT2D eigenvalue weighted by molar-refractivity contribution is -0.274. The lowest BCUT2D eigenvalue weighted by Gasteiger charge is -2.09. The number of rotatable bonds is 3. The van der Waals surface area contributed by atoms with Gasteiger partial charge in [-0.25, -0.2) is 4.98 Å². The molecule has 0 bridgehead atoms. The number of ether oxygens (including phenoxy) is 2. The summed E-state index contributed by atoms with van der Waals surface area (Å²) >= 11 is 0. The monoisotopic (exact) mass is 269 g/mol. The van der Waals surface area contributed by atoms with Crippen molar-refractivity contribution in [3.63, 3.8) is 0 Å². The topological polar surface area (TPSA) is 31.4 Å². The molecule has 6 heteroatoms. The summed E-state index contributed by atoms with van der Waals surface area (Å²) in [7, 11) is 1.49. The van der Waals surface area contributed by atoms with Crippen molar-refractivity contribution >= 4 is 0 Å². The predicted octanol–water partition coefficient (Wildman–Crippen LogP) is 3.66. The molecule has 1 aromatic carbocycles. The average Bonchev–Trinajstić information content (AvgIpc) is 2.38. The van der Waals surface area contributed by atoms with E-state index in [9.17, 15) is 13.2 Å². The number of aromatic nitrogens is 1. The van der Waals surface area contributed by atoms with Gasteiger partial charge in [0.1, 0.15) is 5.75 Å². The molecule has 0 radical (unpaired) electrons. The van der Waals surface area contributed by atoms with Gasteiger partial charge in [-0.05, 0) is 29.3 Å². The van der Waals surface area contributed by atoms with Gasteiger partial charge in [0.15, 0.2) is 0 Å². The molecule has 0 atom stereocenters. The molecule has 0 spiro atoms. The molecular formula is C13H10F3NO2. The molecule has 3 nitrogen and oxygen atoms in total. The van der Waals surface area contributed by atoms with Gasteiger partial charge in [-0.1, -0.05) is 12.1 Å². The van der Waals surface area contributed by atoms with Crippen LogP contribution in [0.3, 0.4) is 0 Å². The quantitative estimate of drug-likeness (QED) is 0.852. The lowest BCUT2D eigenvalue weighted by atomic mass is 10.1. The van der Waals surface area contributed by atoms with Crippen LogP contribution in [0.2, 0.25) is 0 Å². The third-order valence-electron chi connectivity index (χ3n) is 2.37. The van der Waals surface area contributed by atoms with Crippen LogP contribution in [0.5, 0.6) is 11.6 Å². The first-order chi connectivity index (χ1) is 8.98. The van der Waals surface area contributed by atoms with Crippen LogP contribution in [0.15, 0.2) is 42.6 Å². The number of halogens is 3. The Morgan fingerprint density at radius 3 is 2.26 bits per heavy atom. The molecule has 19 heavy (non-hydrogen) atoms. The Morgan fingerprint density at radius 2 is 1.68 bits per heavy atom. The third kappa shape index (κ3) is 3.61. The van der Waals surface area contributed by atoms with Crippen molar-refractivity contribution in [2.75, 3.05) is 7.11 Å².